The van der Waals surface area contributed by atoms with E-state index in [1.54, 1.807) is 0 Å². The molecule has 1 aliphatic heterocycles. The van der Waals surface area contributed by atoms with Crippen molar-refractivity contribution in [1.82, 2.24) is 5.32 Å². The molecule has 2 nitrogen and oxygen atoms in total. The third kappa shape index (κ3) is 2.82. The molecule has 0 aromatic carbocycles. The number of hydrogen-bond donors (Lipinski definition) is 2. The van der Waals surface area contributed by atoms with Crippen LogP contribution in [0.3, 0.4) is 0 Å². The second-order valence-electron chi connectivity index (χ2n) is 6.67. The Morgan fingerprint density at radius 1 is 1.41 bits per heavy atom. The van der Waals surface area contributed by atoms with Gasteiger partial charge in [-0.05, 0) is 48.8 Å². The van der Waals surface area contributed by atoms with Crippen molar-refractivity contribution in [3.05, 3.63) is 0 Å². The Labute approximate surface area is 110 Å². The maximum atomic E-state index is 6.12. The first-order valence-electron chi connectivity index (χ1n) is 7.04. The monoisotopic (exact) mass is 256 g/mol. The van der Waals surface area contributed by atoms with Crippen molar-refractivity contribution >= 4 is 11.8 Å². The van der Waals surface area contributed by atoms with Gasteiger partial charge in [-0.25, -0.2) is 0 Å². The third-order valence-electron chi connectivity index (χ3n) is 5.05. The van der Waals surface area contributed by atoms with Gasteiger partial charge in [-0.15, -0.1) is 0 Å². The van der Waals surface area contributed by atoms with E-state index in [1.807, 2.05) is 0 Å². The predicted molar refractivity (Wildman–Crippen MR) is 77.4 cm³/mol. The van der Waals surface area contributed by atoms with E-state index < -0.39 is 0 Å². The second-order valence-corrected chi connectivity index (χ2v) is 7.77. The normalized spacial score (nSPS) is 34.6. The van der Waals surface area contributed by atoms with Crippen LogP contribution < -0.4 is 11.1 Å². The summed E-state index contributed by atoms with van der Waals surface area (Å²) in [4.78, 5) is 0. The quantitative estimate of drug-likeness (QED) is 0.793. The van der Waals surface area contributed by atoms with Gasteiger partial charge < -0.3 is 11.1 Å². The molecular weight excluding hydrogens is 228 g/mol. The van der Waals surface area contributed by atoms with Gasteiger partial charge in [0.15, 0.2) is 0 Å². The minimum atomic E-state index is 0.152. The molecule has 0 bridgehead atoms. The van der Waals surface area contributed by atoms with Crippen LogP contribution in [-0.2, 0) is 0 Å². The Morgan fingerprint density at radius 3 is 2.65 bits per heavy atom. The second kappa shape index (κ2) is 5.10. The van der Waals surface area contributed by atoms with Crippen molar-refractivity contribution in [2.45, 2.75) is 45.6 Å². The molecule has 0 aromatic heterocycles. The van der Waals surface area contributed by atoms with Crippen LogP contribution in [0, 0.1) is 17.3 Å². The van der Waals surface area contributed by atoms with E-state index in [0.29, 0.717) is 5.41 Å². The van der Waals surface area contributed by atoms with Crippen molar-refractivity contribution in [1.29, 1.82) is 0 Å². The molecule has 0 spiro atoms. The largest absolute Gasteiger partial charge is 0.329 e. The summed E-state index contributed by atoms with van der Waals surface area (Å²) in [6, 6.07) is 0. The molecule has 3 N–H and O–H groups in total. The Bertz CT molecular complexity index is 263. The lowest BCUT2D eigenvalue weighted by molar-refractivity contribution is 0.130. The van der Waals surface area contributed by atoms with Gasteiger partial charge in [0.2, 0.25) is 0 Å². The molecule has 100 valence electrons. The third-order valence-corrected chi connectivity index (χ3v) is 6.24. The highest BCUT2D eigenvalue weighted by Gasteiger charge is 2.46. The molecular formula is C14H28N2S. The van der Waals surface area contributed by atoms with Crippen molar-refractivity contribution in [3.63, 3.8) is 0 Å². The fourth-order valence-electron chi connectivity index (χ4n) is 2.89. The smallest absolute Gasteiger partial charge is 0.0447 e. The Morgan fingerprint density at radius 2 is 2.12 bits per heavy atom. The van der Waals surface area contributed by atoms with Gasteiger partial charge in [0.25, 0.3) is 0 Å². The van der Waals surface area contributed by atoms with E-state index in [-0.39, 0.29) is 5.54 Å². The number of thioether (sulfide) groups is 1. The number of rotatable bonds is 5. The summed E-state index contributed by atoms with van der Waals surface area (Å²) in [6.07, 6.45) is 4.16. The highest BCUT2D eigenvalue weighted by molar-refractivity contribution is 7.99. The minimum Gasteiger partial charge on any atom is -0.329 e. The molecule has 1 heterocycles. The van der Waals surface area contributed by atoms with Crippen molar-refractivity contribution in [2.75, 3.05) is 24.6 Å². The van der Waals surface area contributed by atoms with Crippen LogP contribution in [0.5, 0.6) is 0 Å². The molecule has 0 radical (unpaired) electrons. The lowest BCUT2D eigenvalue weighted by Crippen LogP contribution is -2.65. The van der Waals surface area contributed by atoms with Gasteiger partial charge in [-0.3, -0.25) is 0 Å². The van der Waals surface area contributed by atoms with E-state index in [1.165, 1.54) is 30.8 Å². The molecule has 2 unspecified atom stereocenters. The molecule has 0 aromatic rings. The first-order chi connectivity index (χ1) is 8.01. The molecule has 2 aliphatic rings. The molecule has 1 aliphatic carbocycles. The van der Waals surface area contributed by atoms with Gasteiger partial charge >= 0.3 is 0 Å². The van der Waals surface area contributed by atoms with Crippen molar-refractivity contribution in [2.24, 2.45) is 23.0 Å². The Balaban J connectivity index is 1.96. The van der Waals surface area contributed by atoms with Gasteiger partial charge in [-0.1, -0.05) is 20.8 Å². The fourth-order valence-corrected chi connectivity index (χ4v) is 4.65. The molecule has 2 atom stereocenters. The van der Waals surface area contributed by atoms with Crippen LogP contribution in [0.15, 0.2) is 0 Å². The van der Waals surface area contributed by atoms with E-state index in [4.69, 9.17) is 5.73 Å². The van der Waals surface area contributed by atoms with E-state index in [9.17, 15) is 0 Å². The van der Waals surface area contributed by atoms with E-state index >= 15 is 0 Å². The van der Waals surface area contributed by atoms with Crippen LogP contribution in [0.4, 0.5) is 0 Å². The van der Waals surface area contributed by atoms with E-state index in [2.05, 4.69) is 37.8 Å². The maximum absolute atomic E-state index is 6.12. The SMILES string of the molecule is CC(CNC1(CN)CSCCC1(C)C)C1CC1. The van der Waals surface area contributed by atoms with Gasteiger partial charge in [0, 0.05) is 17.8 Å². The summed E-state index contributed by atoms with van der Waals surface area (Å²) in [6.45, 7) is 9.07. The Hall–Kier alpha value is 0.270. The maximum Gasteiger partial charge on any atom is 0.0447 e. The summed E-state index contributed by atoms with van der Waals surface area (Å²) >= 11 is 2.06. The number of hydrogen-bond acceptors (Lipinski definition) is 3. The predicted octanol–water partition coefficient (Wildman–Crippen LogP) is 2.48. The van der Waals surface area contributed by atoms with Crippen LogP contribution in [0.2, 0.25) is 0 Å². The van der Waals surface area contributed by atoms with Gasteiger partial charge in [0.05, 0.1) is 0 Å². The van der Waals surface area contributed by atoms with Crippen LogP contribution in [0.25, 0.3) is 0 Å². The molecule has 1 saturated heterocycles. The standard InChI is InChI=1S/C14H28N2S/c1-11(12-4-5-12)8-16-14(9-15)10-17-7-6-13(14,2)3/h11-12,16H,4-10,15H2,1-3H3. The average Bonchev–Trinajstić information content (AvgIpc) is 3.11. The zero-order valence-corrected chi connectivity index (χ0v) is 12.4. The lowest BCUT2D eigenvalue weighted by atomic mass is 9.70. The van der Waals surface area contributed by atoms with Crippen molar-refractivity contribution < 1.29 is 0 Å². The molecule has 2 fully saturated rings. The summed E-state index contributed by atoms with van der Waals surface area (Å²) in [5.41, 5.74) is 6.60. The molecule has 1 saturated carbocycles. The summed E-state index contributed by atoms with van der Waals surface area (Å²) in [5.74, 6) is 4.26. The highest BCUT2D eigenvalue weighted by Crippen LogP contribution is 2.42. The molecule has 3 heteroatoms. The highest BCUT2D eigenvalue weighted by atomic mass is 32.2. The average molecular weight is 256 g/mol. The first-order valence-corrected chi connectivity index (χ1v) is 8.19. The summed E-state index contributed by atoms with van der Waals surface area (Å²) in [7, 11) is 0. The van der Waals surface area contributed by atoms with Crippen molar-refractivity contribution in [3.8, 4) is 0 Å². The zero-order chi connectivity index (χ0) is 12.5. The number of nitrogens with one attached hydrogen (secondary N) is 1. The topological polar surface area (TPSA) is 38.0 Å². The molecule has 17 heavy (non-hydrogen) atoms. The zero-order valence-electron chi connectivity index (χ0n) is 11.6. The number of nitrogens with two attached hydrogens (primary N) is 1. The minimum absolute atomic E-state index is 0.152. The van der Waals surface area contributed by atoms with Crippen LogP contribution in [0.1, 0.15) is 40.0 Å². The van der Waals surface area contributed by atoms with E-state index in [0.717, 1.165) is 24.9 Å². The summed E-state index contributed by atoms with van der Waals surface area (Å²) in [5, 5.41) is 3.85. The molecule has 2 rings (SSSR count). The fraction of sp³-hybridized carbons (Fsp3) is 1.00. The molecule has 0 amide bonds. The first kappa shape index (κ1) is 13.7. The van der Waals surface area contributed by atoms with Crippen LogP contribution >= 0.6 is 11.8 Å². The van der Waals surface area contributed by atoms with Gasteiger partial charge in [-0.2, -0.15) is 11.8 Å². The van der Waals surface area contributed by atoms with Gasteiger partial charge in [0.1, 0.15) is 0 Å². The Kier molecular flexibility index (Phi) is 4.11. The lowest BCUT2D eigenvalue weighted by Gasteiger charge is -2.50. The van der Waals surface area contributed by atoms with Crippen LogP contribution in [-0.4, -0.2) is 30.1 Å². The summed E-state index contributed by atoms with van der Waals surface area (Å²) < 4.78 is 0.